The van der Waals surface area contributed by atoms with Gasteiger partial charge in [-0.15, -0.1) is 0 Å². The normalized spacial score (nSPS) is 10.3. The molecule has 3 nitrogen and oxygen atoms in total. The van der Waals surface area contributed by atoms with Crippen LogP contribution in [0.5, 0.6) is 0 Å². The number of nitrogens with two attached hydrogens (primary N) is 1. The van der Waals surface area contributed by atoms with Crippen molar-refractivity contribution in [3.63, 3.8) is 0 Å². The Morgan fingerprint density at radius 1 is 1.18 bits per heavy atom. The molecule has 1 aromatic heterocycles. The molecule has 2 rings (SSSR count). The SMILES string of the molecule is Nc1cnc(Nc2ccc(F)c(Cl)c2)c(Cl)c1. The molecule has 0 spiro atoms. The van der Waals surface area contributed by atoms with Gasteiger partial charge in [0.25, 0.3) is 0 Å². The number of hydrogen-bond donors (Lipinski definition) is 2. The Kier molecular flexibility index (Phi) is 3.36. The van der Waals surface area contributed by atoms with Gasteiger partial charge < -0.3 is 11.1 Å². The molecule has 88 valence electrons. The van der Waals surface area contributed by atoms with E-state index in [2.05, 4.69) is 10.3 Å². The Hall–Kier alpha value is -1.52. The predicted octanol–water partition coefficient (Wildman–Crippen LogP) is 3.85. The Labute approximate surface area is 107 Å². The van der Waals surface area contributed by atoms with Gasteiger partial charge in [-0.25, -0.2) is 9.37 Å². The van der Waals surface area contributed by atoms with Gasteiger partial charge in [0.2, 0.25) is 0 Å². The Bertz CT molecular complexity index is 560. The molecule has 0 aliphatic carbocycles. The van der Waals surface area contributed by atoms with Crippen molar-refractivity contribution < 1.29 is 4.39 Å². The standard InChI is InChI=1S/C11H8Cl2FN3/c12-8-4-7(1-2-10(8)14)17-11-9(13)3-6(15)5-16-11/h1-5H,15H2,(H,16,17). The summed E-state index contributed by atoms with van der Waals surface area (Å²) >= 11 is 11.6. The largest absolute Gasteiger partial charge is 0.397 e. The van der Waals surface area contributed by atoms with E-state index in [0.29, 0.717) is 22.2 Å². The van der Waals surface area contributed by atoms with E-state index >= 15 is 0 Å². The average Bonchev–Trinajstić information content (AvgIpc) is 2.27. The van der Waals surface area contributed by atoms with Crippen molar-refractivity contribution in [1.82, 2.24) is 4.98 Å². The summed E-state index contributed by atoms with van der Waals surface area (Å²) in [5.74, 6) is -0.0443. The second kappa shape index (κ2) is 4.77. The van der Waals surface area contributed by atoms with Gasteiger partial charge in [-0.05, 0) is 24.3 Å². The van der Waals surface area contributed by atoms with Crippen LogP contribution in [0.1, 0.15) is 0 Å². The molecule has 3 N–H and O–H groups in total. The first kappa shape index (κ1) is 12.0. The van der Waals surface area contributed by atoms with Gasteiger partial charge in [-0.3, -0.25) is 0 Å². The van der Waals surface area contributed by atoms with Crippen molar-refractivity contribution in [3.8, 4) is 0 Å². The Balaban J connectivity index is 2.28. The molecule has 0 aliphatic rings. The molecule has 0 fully saturated rings. The lowest BCUT2D eigenvalue weighted by Crippen LogP contribution is -1.96. The summed E-state index contributed by atoms with van der Waals surface area (Å²) in [5, 5.41) is 3.33. The van der Waals surface area contributed by atoms with Gasteiger partial charge in [-0.1, -0.05) is 23.2 Å². The first-order valence-corrected chi connectivity index (χ1v) is 5.45. The number of pyridine rings is 1. The topological polar surface area (TPSA) is 50.9 Å². The van der Waals surface area contributed by atoms with Gasteiger partial charge in [0.1, 0.15) is 11.6 Å². The zero-order chi connectivity index (χ0) is 12.4. The summed E-state index contributed by atoms with van der Waals surface area (Å²) in [6.45, 7) is 0. The zero-order valence-corrected chi connectivity index (χ0v) is 10.1. The van der Waals surface area contributed by atoms with Crippen LogP contribution in [0.15, 0.2) is 30.5 Å². The third-order valence-electron chi connectivity index (χ3n) is 2.04. The van der Waals surface area contributed by atoms with Crippen molar-refractivity contribution in [2.75, 3.05) is 11.1 Å². The molecule has 0 bridgehead atoms. The van der Waals surface area contributed by atoms with Crippen LogP contribution in [0, 0.1) is 5.82 Å². The number of aromatic nitrogens is 1. The number of nitrogens with zero attached hydrogens (tertiary/aromatic N) is 1. The number of nitrogens with one attached hydrogen (secondary N) is 1. The van der Waals surface area contributed by atoms with Crippen molar-refractivity contribution in [1.29, 1.82) is 0 Å². The molecule has 0 saturated carbocycles. The predicted molar refractivity (Wildman–Crippen MR) is 68.4 cm³/mol. The van der Waals surface area contributed by atoms with E-state index in [9.17, 15) is 4.39 Å². The number of rotatable bonds is 2. The van der Waals surface area contributed by atoms with Gasteiger partial charge >= 0.3 is 0 Å². The second-order valence-corrected chi connectivity index (χ2v) is 4.17. The summed E-state index contributed by atoms with van der Waals surface area (Å²) in [4.78, 5) is 4.02. The number of benzene rings is 1. The first-order chi connectivity index (χ1) is 8.06. The fourth-order valence-corrected chi connectivity index (χ4v) is 1.66. The minimum absolute atomic E-state index is 0.0292. The van der Waals surface area contributed by atoms with E-state index in [1.54, 1.807) is 6.07 Å². The number of anilines is 3. The molecule has 0 unspecified atom stereocenters. The maximum absolute atomic E-state index is 13.0. The van der Waals surface area contributed by atoms with Crippen LogP contribution in [0.25, 0.3) is 0 Å². The lowest BCUT2D eigenvalue weighted by molar-refractivity contribution is 0.628. The molecule has 0 amide bonds. The average molecular weight is 272 g/mol. The molecule has 0 radical (unpaired) electrons. The smallest absolute Gasteiger partial charge is 0.149 e. The fourth-order valence-electron chi connectivity index (χ4n) is 1.26. The van der Waals surface area contributed by atoms with E-state index < -0.39 is 5.82 Å². The fraction of sp³-hybridized carbons (Fsp3) is 0. The van der Waals surface area contributed by atoms with E-state index in [1.165, 1.54) is 24.4 Å². The minimum Gasteiger partial charge on any atom is -0.397 e. The summed E-state index contributed by atoms with van der Waals surface area (Å²) in [6, 6.07) is 5.82. The quantitative estimate of drug-likeness (QED) is 0.872. The van der Waals surface area contributed by atoms with Gasteiger partial charge in [0, 0.05) is 5.69 Å². The molecular formula is C11H8Cl2FN3. The highest BCUT2D eigenvalue weighted by molar-refractivity contribution is 6.33. The molecule has 6 heteroatoms. The highest BCUT2D eigenvalue weighted by Gasteiger charge is 2.05. The van der Waals surface area contributed by atoms with E-state index in [4.69, 9.17) is 28.9 Å². The van der Waals surface area contributed by atoms with Crippen molar-refractivity contribution in [2.45, 2.75) is 0 Å². The van der Waals surface area contributed by atoms with Crippen LogP contribution < -0.4 is 11.1 Å². The van der Waals surface area contributed by atoms with Crippen LogP contribution in [0.4, 0.5) is 21.6 Å². The molecule has 0 saturated heterocycles. The van der Waals surface area contributed by atoms with Crippen LogP contribution in [-0.4, -0.2) is 4.98 Å². The van der Waals surface area contributed by atoms with Crippen molar-refractivity contribution in [3.05, 3.63) is 46.3 Å². The molecular weight excluding hydrogens is 264 g/mol. The molecule has 0 aliphatic heterocycles. The Morgan fingerprint density at radius 2 is 1.94 bits per heavy atom. The zero-order valence-electron chi connectivity index (χ0n) is 8.55. The van der Waals surface area contributed by atoms with Gasteiger partial charge in [0.15, 0.2) is 0 Å². The molecule has 0 atom stereocenters. The van der Waals surface area contributed by atoms with Crippen LogP contribution >= 0.6 is 23.2 Å². The number of nitrogen functional groups attached to an aromatic ring is 1. The summed E-state index contributed by atoms with van der Waals surface area (Å²) in [5.41, 5.74) is 6.58. The van der Waals surface area contributed by atoms with E-state index in [-0.39, 0.29) is 5.02 Å². The van der Waals surface area contributed by atoms with E-state index in [0.717, 1.165) is 0 Å². The maximum atomic E-state index is 13.0. The van der Waals surface area contributed by atoms with Crippen molar-refractivity contribution in [2.24, 2.45) is 0 Å². The molecule has 1 heterocycles. The molecule has 2 aromatic rings. The highest BCUT2D eigenvalue weighted by Crippen LogP contribution is 2.26. The number of hydrogen-bond acceptors (Lipinski definition) is 3. The maximum Gasteiger partial charge on any atom is 0.149 e. The third-order valence-corrected chi connectivity index (χ3v) is 2.62. The van der Waals surface area contributed by atoms with Gasteiger partial charge in [0.05, 0.1) is 21.9 Å². The summed E-state index contributed by atoms with van der Waals surface area (Å²) in [6.07, 6.45) is 1.47. The third kappa shape index (κ3) is 2.78. The van der Waals surface area contributed by atoms with Crippen molar-refractivity contribution >= 4 is 40.4 Å². The highest BCUT2D eigenvalue weighted by atomic mass is 35.5. The van der Waals surface area contributed by atoms with E-state index in [1.807, 2.05) is 0 Å². The lowest BCUT2D eigenvalue weighted by atomic mass is 10.3. The second-order valence-electron chi connectivity index (χ2n) is 3.35. The first-order valence-electron chi connectivity index (χ1n) is 4.69. The monoisotopic (exact) mass is 271 g/mol. The lowest BCUT2D eigenvalue weighted by Gasteiger charge is -2.08. The van der Waals surface area contributed by atoms with Crippen LogP contribution in [0.3, 0.4) is 0 Å². The number of halogens is 3. The van der Waals surface area contributed by atoms with Crippen LogP contribution in [-0.2, 0) is 0 Å². The minimum atomic E-state index is -0.478. The van der Waals surface area contributed by atoms with Crippen LogP contribution in [0.2, 0.25) is 10.0 Å². The Morgan fingerprint density at radius 3 is 2.59 bits per heavy atom. The summed E-state index contributed by atoms with van der Waals surface area (Å²) in [7, 11) is 0. The molecule has 17 heavy (non-hydrogen) atoms. The van der Waals surface area contributed by atoms with Gasteiger partial charge in [-0.2, -0.15) is 0 Å². The molecule has 1 aromatic carbocycles. The summed E-state index contributed by atoms with van der Waals surface area (Å²) < 4.78 is 13.0.